The van der Waals surface area contributed by atoms with Crippen LogP contribution in [0.15, 0.2) is 24.3 Å². The fraction of sp³-hybridized carbons (Fsp3) is 0.533. The van der Waals surface area contributed by atoms with E-state index in [-0.39, 0.29) is 0 Å². The Hall–Kier alpha value is -1.91. The number of ether oxygens (including phenoxy) is 3. The smallest absolute Gasteiger partial charge is 0.407 e. The summed E-state index contributed by atoms with van der Waals surface area (Å²) in [6, 6.07) is 7.36. The highest BCUT2D eigenvalue weighted by atomic mass is 16.6. The molecule has 0 fully saturated rings. The van der Waals surface area contributed by atoms with Crippen molar-refractivity contribution >= 4 is 6.09 Å². The zero-order valence-electron chi connectivity index (χ0n) is 12.6. The highest BCUT2D eigenvalue weighted by Crippen LogP contribution is 2.17. The van der Waals surface area contributed by atoms with Crippen molar-refractivity contribution in [1.82, 2.24) is 5.32 Å². The zero-order valence-corrected chi connectivity index (χ0v) is 12.6. The molecule has 0 heterocycles. The Kier molecular flexibility index (Phi) is 6.15. The first kappa shape index (κ1) is 16.1. The van der Waals surface area contributed by atoms with Gasteiger partial charge in [-0.25, -0.2) is 4.79 Å². The van der Waals surface area contributed by atoms with Crippen molar-refractivity contribution in [1.29, 1.82) is 0 Å². The molecule has 1 N–H and O–H groups in total. The van der Waals surface area contributed by atoms with Crippen molar-refractivity contribution in [2.45, 2.75) is 33.3 Å². The fourth-order valence-corrected chi connectivity index (χ4v) is 1.43. The summed E-state index contributed by atoms with van der Waals surface area (Å²) in [5, 5.41) is 2.63. The molecule has 0 bridgehead atoms. The van der Waals surface area contributed by atoms with Gasteiger partial charge in [0, 0.05) is 0 Å². The highest BCUT2D eigenvalue weighted by molar-refractivity contribution is 5.67. The molecule has 1 aromatic carbocycles. The van der Waals surface area contributed by atoms with Gasteiger partial charge in [-0.3, -0.25) is 0 Å². The molecule has 0 radical (unpaired) electrons. The number of carbonyl (C=O) groups is 1. The van der Waals surface area contributed by atoms with E-state index in [0.29, 0.717) is 19.8 Å². The molecule has 1 amide bonds. The minimum Gasteiger partial charge on any atom is -0.494 e. The summed E-state index contributed by atoms with van der Waals surface area (Å²) in [5.74, 6) is 1.55. The molecule has 0 aliphatic carbocycles. The van der Waals surface area contributed by atoms with E-state index in [1.54, 1.807) is 0 Å². The third-order valence-electron chi connectivity index (χ3n) is 2.17. The van der Waals surface area contributed by atoms with E-state index in [9.17, 15) is 4.79 Å². The molecular formula is C15H23NO4. The van der Waals surface area contributed by atoms with Crippen LogP contribution >= 0.6 is 0 Å². The van der Waals surface area contributed by atoms with Crippen LogP contribution in [0, 0.1) is 0 Å². The van der Waals surface area contributed by atoms with Crippen molar-refractivity contribution in [3.05, 3.63) is 24.3 Å². The van der Waals surface area contributed by atoms with E-state index in [1.165, 1.54) is 0 Å². The summed E-state index contributed by atoms with van der Waals surface area (Å²) in [5.41, 5.74) is -0.486. The number of hydrogen-bond donors (Lipinski definition) is 1. The molecule has 1 aromatic rings. The van der Waals surface area contributed by atoms with Crippen molar-refractivity contribution in [3.8, 4) is 11.5 Å². The van der Waals surface area contributed by atoms with Crippen molar-refractivity contribution < 1.29 is 19.0 Å². The van der Waals surface area contributed by atoms with E-state index in [1.807, 2.05) is 52.0 Å². The summed E-state index contributed by atoms with van der Waals surface area (Å²) < 4.78 is 15.9. The maximum absolute atomic E-state index is 11.4. The Morgan fingerprint density at radius 1 is 1.10 bits per heavy atom. The average Bonchev–Trinajstić information content (AvgIpc) is 2.35. The first-order valence-corrected chi connectivity index (χ1v) is 6.73. The van der Waals surface area contributed by atoms with Gasteiger partial charge in [0.05, 0.1) is 13.2 Å². The van der Waals surface area contributed by atoms with Crippen LogP contribution in [-0.2, 0) is 4.74 Å². The molecule has 0 aromatic heterocycles. The van der Waals surface area contributed by atoms with E-state index < -0.39 is 11.7 Å². The van der Waals surface area contributed by atoms with Gasteiger partial charge >= 0.3 is 6.09 Å². The van der Waals surface area contributed by atoms with Crippen LogP contribution in [0.4, 0.5) is 4.79 Å². The van der Waals surface area contributed by atoms with Gasteiger partial charge in [0.2, 0.25) is 0 Å². The summed E-state index contributed by atoms with van der Waals surface area (Å²) in [4.78, 5) is 11.4. The number of amides is 1. The molecule has 0 aliphatic heterocycles. The standard InChI is InChI=1S/C15H23NO4/c1-5-18-12-6-8-13(9-7-12)19-11-10-16-14(17)20-15(2,3)4/h6-9H,5,10-11H2,1-4H3,(H,16,17). The van der Waals surface area contributed by atoms with Gasteiger partial charge in [-0.15, -0.1) is 0 Å². The van der Waals surface area contributed by atoms with Gasteiger partial charge in [-0.2, -0.15) is 0 Å². The molecule has 5 nitrogen and oxygen atoms in total. The molecule has 20 heavy (non-hydrogen) atoms. The number of alkyl carbamates (subject to hydrolysis) is 1. The van der Waals surface area contributed by atoms with E-state index in [2.05, 4.69) is 5.32 Å². The van der Waals surface area contributed by atoms with E-state index in [0.717, 1.165) is 11.5 Å². The summed E-state index contributed by atoms with van der Waals surface area (Å²) in [7, 11) is 0. The Balaban J connectivity index is 2.22. The first-order chi connectivity index (χ1) is 9.40. The third-order valence-corrected chi connectivity index (χ3v) is 2.17. The molecule has 0 saturated carbocycles. The Labute approximate surface area is 120 Å². The summed E-state index contributed by atoms with van der Waals surface area (Å²) >= 11 is 0. The molecule has 112 valence electrons. The largest absolute Gasteiger partial charge is 0.494 e. The second-order valence-electron chi connectivity index (χ2n) is 5.18. The second kappa shape index (κ2) is 7.62. The fourth-order valence-electron chi connectivity index (χ4n) is 1.43. The quantitative estimate of drug-likeness (QED) is 0.814. The maximum Gasteiger partial charge on any atom is 0.407 e. The van der Waals surface area contributed by atoms with Crippen molar-refractivity contribution in [3.63, 3.8) is 0 Å². The third kappa shape index (κ3) is 6.87. The van der Waals surface area contributed by atoms with Gasteiger partial charge < -0.3 is 19.5 Å². The number of nitrogens with one attached hydrogen (secondary N) is 1. The SMILES string of the molecule is CCOc1ccc(OCCNC(=O)OC(C)(C)C)cc1. The maximum atomic E-state index is 11.4. The topological polar surface area (TPSA) is 56.8 Å². The minimum atomic E-state index is -0.486. The van der Waals surface area contributed by atoms with Gasteiger partial charge in [0.1, 0.15) is 23.7 Å². The molecule has 0 spiro atoms. The van der Waals surface area contributed by atoms with Crippen LogP contribution in [0.2, 0.25) is 0 Å². The normalized spacial score (nSPS) is 10.8. The monoisotopic (exact) mass is 281 g/mol. The van der Waals surface area contributed by atoms with Crippen LogP contribution in [0.3, 0.4) is 0 Å². The molecule has 5 heteroatoms. The van der Waals surface area contributed by atoms with E-state index in [4.69, 9.17) is 14.2 Å². The summed E-state index contributed by atoms with van der Waals surface area (Å²) in [6.45, 7) is 8.82. The Bertz CT molecular complexity index is 409. The van der Waals surface area contributed by atoms with Gasteiger partial charge in [0.25, 0.3) is 0 Å². The zero-order chi connectivity index (χ0) is 15.0. The predicted molar refractivity (Wildman–Crippen MR) is 77.3 cm³/mol. The summed E-state index contributed by atoms with van der Waals surface area (Å²) in [6.07, 6.45) is -0.437. The molecular weight excluding hydrogens is 258 g/mol. The molecule has 0 atom stereocenters. The van der Waals surface area contributed by atoms with Crippen LogP contribution in [-0.4, -0.2) is 31.5 Å². The number of hydrogen-bond acceptors (Lipinski definition) is 4. The van der Waals surface area contributed by atoms with Crippen LogP contribution in [0.25, 0.3) is 0 Å². The average molecular weight is 281 g/mol. The highest BCUT2D eigenvalue weighted by Gasteiger charge is 2.15. The lowest BCUT2D eigenvalue weighted by atomic mass is 10.2. The van der Waals surface area contributed by atoms with Crippen molar-refractivity contribution in [2.75, 3.05) is 19.8 Å². The molecule has 0 saturated heterocycles. The minimum absolute atomic E-state index is 0.382. The van der Waals surface area contributed by atoms with Crippen LogP contribution < -0.4 is 14.8 Å². The molecule has 0 aliphatic rings. The van der Waals surface area contributed by atoms with E-state index >= 15 is 0 Å². The Morgan fingerprint density at radius 2 is 1.65 bits per heavy atom. The van der Waals surface area contributed by atoms with Gasteiger partial charge in [-0.1, -0.05) is 0 Å². The van der Waals surface area contributed by atoms with Gasteiger partial charge in [-0.05, 0) is 52.0 Å². The van der Waals surface area contributed by atoms with Crippen molar-refractivity contribution in [2.24, 2.45) is 0 Å². The number of benzene rings is 1. The number of rotatable bonds is 6. The first-order valence-electron chi connectivity index (χ1n) is 6.73. The lowest BCUT2D eigenvalue weighted by molar-refractivity contribution is 0.0520. The van der Waals surface area contributed by atoms with Crippen LogP contribution in [0.5, 0.6) is 11.5 Å². The second-order valence-corrected chi connectivity index (χ2v) is 5.18. The molecule has 0 unspecified atom stereocenters. The van der Waals surface area contributed by atoms with Gasteiger partial charge in [0.15, 0.2) is 0 Å². The lowest BCUT2D eigenvalue weighted by Crippen LogP contribution is -2.34. The van der Waals surface area contributed by atoms with Crippen LogP contribution in [0.1, 0.15) is 27.7 Å². The lowest BCUT2D eigenvalue weighted by Gasteiger charge is -2.19. The Morgan fingerprint density at radius 3 is 2.15 bits per heavy atom. The predicted octanol–water partition coefficient (Wildman–Crippen LogP) is 2.99. The number of carbonyl (C=O) groups excluding carboxylic acids is 1. The molecule has 1 rings (SSSR count).